The summed E-state index contributed by atoms with van der Waals surface area (Å²) < 4.78 is 0. The zero-order chi connectivity index (χ0) is 13.3. The van der Waals surface area contributed by atoms with E-state index in [1.807, 2.05) is 6.92 Å². The van der Waals surface area contributed by atoms with Crippen LogP contribution >= 0.6 is 0 Å². The van der Waals surface area contributed by atoms with Crippen molar-refractivity contribution >= 4 is 17.6 Å². The Bertz CT molecular complexity index is 504. The van der Waals surface area contributed by atoms with Gasteiger partial charge < -0.3 is 10.4 Å². The molecule has 0 unspecified atom stereocenters. The third-order valence-electron chi connectivity index (χ3n) is 3.54. The largest absolute Gasteiger partial charge is 0.478 e. The predicted molar refractivity (Wildman–Crippen MR) is 68.8 cm³/mol. The van der Waals surface area contributed by atoms with E-state index in [1.165, 1.54) is 0 Å². The molecule has 0 atom stereocenters. The molecule has 0 bridgehead atoms. The Morgan fingerprint density at radius 1 is 1.22 bits per heavy atom. The number of amides is 1. The lowest BCUT2D eigenvalue weighted by Crippen LogP contribution is -2.28. The highest BCUT2D eigenvalue weighted by Gasteiger charge is 2.25. The average Bonchev–Trinajstić information content (AvgIpc) is 2.18. The molecule has 1 amide bonds. The van der Waals surface area contributed by atoms with Crippen LogP contribution in [0.4, 0.5) is 5.69 Å². The van der Waals surface area contributed by atoms with Crippen molar-refractivity contribution < 1.29 is 14.7 Å². The zero-order valence-electron chi connectivity index (χ0n) is 10.6. The molecule has 1 aliphatic rings. The number of carboxylic acids is 1. The number of rotatable bonds is 3. The van der Waals surface area contributed by atoms with Crippen LogP contribution in [0.15, 0.2) is 12.1 Å². The van der Waals surface area contributed by atoms with Crippen LogP contribution in [0.25, 0.3) is 0 Å². The van der Waals surface area contributed by atoms with E-state index >= 15 is 0 Å². The summed E-state index contributed by atoms with van der Waals surface area (Å²) in [5.41, 5.74) is 2.45. The van der Waals surface area contributed by atoms with Gasteiger partial charge in [0.2, 0.25) is 5.91 Å². The average molecular weight is 247 g/mol. The molecule has 1 fully saturated rings. The lowest BCUT2D eigenvalue weighted by molar-refractivity contribution is -0.122. The lowest BCUT2D eigenvalue weighted by Gasteiger charge is -2.24. The van der Waals surface area contributed by atoms with E-state index in [2.05, 4.69) is 5.32 Å². The van der Waals surface area contributed by atoms with E-state index in [-0.39, 0.29) is 17.4 Å². The van der Waals surface area contributed by atoms with Crippen molar-refractivity contribution in [1.82, 2.24) is 0 Å². The number of carbonyl (C=O) groups excluding carboxylic acids is 1. The summed E-state index contributed by atoms with van der Waals surface area (Å²) in [5.74, 6) is -0.866. The summed E-state index contributed by atoms with van der Waals surface area (Å²) in [7, 11) is 0. The van der Waals surface area contributed by atoms with Crippen molar-refractivity contribution in [2.45, 2.75) is 33.1 Å². The van der Waals surface area contributed by atoms with Crippen molar-refractivity contribution in [1.29, 1.82) is 0 Å². The summed E-state index contributed by atoms with van der Waals surface area (Å²) in [5, 5.41) is 11.9. The molecular weight excluding hydrogens is 230 g/mol. The minimum Gasteiger partial charge on any atom is -0.478 e. The van der Waals surface area contributed by atoms with Crippen molar-refractivity contribution in [3.63, 3.8) is 0 Å². The third kappa shape index (κ3) is 2.37. The van der Waals surface area contributed by atoms with E-state index in [0.29, 0.717) is 11.3 Å². The second kappa shape index (κ2) is 4.80. The Morgan fingerprint density at radius 2 is 1.89 bits per heavy atom. The third-order valence-corrected chi connectivity index (χ3v) is 3.54. The lowest BCUT2D eigenvalue weighted by atomic mass is 9.84. The molecule has 4 nitrogen and oxygen atoms in total. The molecule has 1 aromatic carbocycles. The second-order valence-electron chi connectivity index (χ2n) is 4.90. The van der Waals surface area contributed by atoms with E-state index < -0.39 is 5.97 Å². The van der Waals surface area contributed by atoms with Crippen LogP contribution < -0.4 is 5.32 Å². The number of aromatic carboxylic acids is 1. The Balaban J connectivity index is 2.23. The van der Waals surface area contributed by atoms with Gasteiger partial charge in [0.15, 0.2) is 0 Å². The van der Waals surface area contributed by atoms with E-state index in [0.717, 1.165) is 24.8 Å². The molecule has 0 aliphatic heterocycles. The first-order valence-corrected chi connectivity index (χ1v) is 6.14. The Morgan fingerprint density at radius 3 is 2.39 bits per heavy atom. The number of nitrogens with one attached hydrogen (secondary N) is 1. The summed E-state index contributed by atoms with van der Waals surface area (Å²) in [6, 6.07) is 3.34. The minimum atomic E-state index is -0.966. The molecule has 96 valence electrons. The smallest absolute Gasteiger partial charge is 0.336 e. The SMILES string of the molecule is Cc1cc(C)c(C(=O)O)cc1NC(=O)C1CCC1. The zero-order valence-corrected chi connectivity index (χ0v) is 10.6. The molecule has 18 heavy (non-hydrogen) atoms. The molecule has 0 saturated heterocycles. The van der Waals surface area contributed by atoms with Crippen LogP contribution in [0.2, 0.25) is 0 Å². The quantitative estimate of drug-likeness (QED) is 0.863. The number of anilines is 1. The molecule has 4 heteroatoms. The van der Waals surface area contributed by atoms with Gasteiger partial charge in [-0.2, -0.15) is 0 Å². The van der Waals surface area contributed by atoms with Gasteiger partial charge in [0.25, 0.3) is 0 Å². The number of hydrogen-bond acceptors (Lipinski definition) is 2. The van der Waals surface area contributed by atoms with Gasteiger partial charge in [0.1, 0.15) is 0 Å². The number of benzene rings is 1. The highest BCUT2D eigenvalue weighted by atomic mass is 16.4. The van der Waals surface area contributed by atoms with Gasteiger partial charge in [0, 0.05) is 11.6 Å². The van der Waals surface area contributed by atoms with Gasteiger partial charge in [-0.1, -0.05) is 12.5 Å². The van der Waals surface area contributed by atoms with Crippen LogP contribution in [0, 0.1) is 19.8 Å². The van der Waals surface area contributed by atoms with Crippen LogP contribution in [-0.2, 0) is 4.79 Å². The van der Waals surface area contributed by atoms with E-state index in [1.54, 1.807) is 19.1 Å². The van der Waals surface area contributed by atoms with Crippen LogP contribution in [0.5, 0.6) is 0 Å². The van der Waals surface area contributed by atoms with Gasteiger partial charge in [-0.3, -0.25) is 4.79 Å². The van der Waals surface area contributed by atoms with E-state index in [9.17, 15) is 9.59 Å². The molecule has 0 spiro atoms. The fourth-order valence-electron chi connectivity index (χ4n) is 2.12. The standard InChI is InChI=1S/C14H17NO3/c1-8-6-9(2)12(7-11(8)14(17)18)15-13(16)10-4-3-5-10/h6-7,10H,3-5H2,1-2H3,(H,15,16)(H,17,18). The van der Waals surface area contributed by atoms with Crippen molar-refractivity contribution in [2.24, 2.45) is 5.92 Å². The molecule has 0 aromatic heterocycles. The maximum Gasteiger partial charge on any atom is 0.336 e. The van der Waals surface area contributed by atoms with Gasteiger partial charge >= 0.3 is 5.97 Å². The number of hydrogen-bond donors (Lipinski definition) is 2. The van der Waals surface area contributed by atoms with Gasteiger partial charge in [-0.05, 0) is 43.9 Å². The molecule has 2 rings (SSSR count). The number of carbonyl (C=O) groups is 2. The van der Waals surface area contributed by atoms with Crippen molar-refractivity contribution in [3.8, 4) is 0 Å². The highest BCUT2D eigenvalue weighted by Crippen LogP contribution is 2.29. The fraction of sp³-hybridized carbons (Fsp3) is 0.429. The van der Waals surface area contributed by atoms with Crippen LogP contribution in [0.3, 0.4) is 0 Å². The Kier molecular flexibility index (Phi) is 3.36. The van der Waals surface area contributed by atoms with Crippen molar-refractivity contribution in [2.75, 3.05) is 5.32 Å². The summed E-state index contributed by atoms with van der Waals surface area (Å²) in [6.07, 6.45) is 2.97. The molecule has 0 radical (unpaired) electrons. The summed E-state index contributed by atoms with van der Waals surface area (Å²) in [4.78, 5) is 22.9. The van der Waals surface area contributed by atoms with E-state index in [4.69, 9.17) is 5.11 Å². The first kappa shape index (κ1) is 12.6. The first-order valence-electron chi connectivity index (χ1n) is 6.14. The Labute approximate surface area is 106 Å². The number of carboxylic acid groups (broad SMARTS) is 1. The first-order chi connectivity index (χ1) is 8.49. The summed E-state index contributed by atoms with van der Waals surface area (Å²) in [6.45, 7) is 3.63. The van der Waals surface area contributed by atoms with Crippen molar-refractivity contribution in [3.05, 3.63) is 28.8 Å². The van der Waals surface area contributed by atoms with Crippen LogP contribution in [-0.4, -0.2) is 17.0 Å². The maximum absolute atomic E-state index is 11.9. The molecule has 2 N–H and O–H groups in total. The van der Waals surface area contributed by atoms with Gasteiger partial charge in [-0.25, -0.2) is 4.79 Å². The molecular formula is C14H17NO3. The highest BCUT2D eigenvalue weighted by molar-refractivity contribution is 5.96. The molecule has 0 heterocycles. The number of aryl methyl sites for hydroxylation is 2. The van der Waals surface area contributed by atoms with Crippen LogP contribution in [0.1, 0.15) is 40.7 Å². The topological polar surface area (TPSA) is 66.4 Å². The Hall–Kier alpha value is -1.84. The van der Waals surface area contributed by atoms with Gasteiger partial charge in [0.05, 0.1) is 5.56 Å². The maximum atomic E-state index is 11.9. The molecule has 1 saturated carbocycles. The van der Waals surface area contributed by atoms with Gasteiger partial charge in [-0.15, -0.1) is 0 Å². The second-order valence-corrected chi connectivity index (χ2v) is 4.90. The predicted octanol–water partition coefficient (Wildman–Crippen LogP) is 2.74. The molecule has 1 aliphatic carbocycles. The minimum absolute atomic E-state index is 0.00421. The molecule has 1 aromatic rings. The summed E-state index contributed by atoms with van der Waals surface area (Å²) >= 11 is 0. The monoisotopic (exact) mass is 247 g/mol. The fourth-order valence-corrected chi connectivity index (χ4v) is 2.12. The normalized spacial score (nSPS) is 15.0.